The van der Waals surface area contributed by atoms with Crippen molar-refractivity contribution in [3.63, 3.8) is 0 Å². The molecule has 0 fully saturated rings. The molecule has 0 spiro atoms. The zero-order valence-corrected chi connectivity index (χ0v) is 11.3. The average molecular weight is 268 g/mol. The van der Waals surface area contributed by atoms with E-state index >= 15 is 0 Å². The molecule has 20 heavy (non-hydrogen) atoms. The van der Waals surface area contributed by atoms with Gasteiger partial charge < -0.3 is 5.32 Å². The molecule has 1 N–H and O–H groups in total. The third-order valence-electron chi connectivity index (χ3n) is 3.24. The first-order chi connectivity index (χ1) is 9.88. The van der Waals surface area contributed by atoms with Gasteiger partial charge in [-0.05, 0) is 22.5 Å². The quantitative estimate of drug-likeness (QED) is 0.758. The summed E-state index contributed by atoms with van der Waals surface area (Å²) in [6.07, 6.45) is 4.26. The Bertz CT molecular complexity index is 678. The van der Waals surface area contributed by atoms with E-state index in [-0.39, 0.29) is 6.04 Å². The number of tetrazole rings is 1. The number of likely N-dealkylation sites (N-methyl/N-ethyl adjacent to an activating group) is 1. The predicted octanol–water partition coefficient (Wildman–Crippen LogP) is 1.41. The molecule has 0 amide bonds. The van der Waals surface area contributed by atoms with Crippen molar-refractivity contribution in [2.24, 2.45) is 0 Å². The summed E-state index contributed by atoms with van der Waals surface area (Å²) in [6, 6.07) is 10.6. The van der Waals surface area contributed by atoms with Gasteiger partial charge in [0.15, 0.2) is 5.65 Å². The fourth-order valence-electron chi connectivity index (χ4n) is 2.31. The van der Waals surface area contributed by atoms with Gasteiger partial charge in [0.1, 0.15) is 0 Å². The fraction of sp³-hybridized carbons (Fsp3) is 0.286. The highest BCUT2D eigenvalue weighted by Crippen LogP contribution is 2.17. The Hall–Kier alpha value is -2.34. The number of fused-ring (bicyclic) bond motifs is 1. The number of hydrogen-bond acceptors (Lipinski definition) is 5. The molecule has 6 nitrogen and oxygen atoms in total. The molecule has 0 radical (unpaired) electrons. The molecule has 3 rings (SSSR count). The number of nitrogens with zero attached hydrogens (tertiary/aromatic N) is 5. The number of benzene rings is 1. The third kappa shape index (κ3) is 2.50. The lowest BCUT2D eigenvalue weighted by molar-refractivity contribution is 0.535. The van der Waals surface area contributed by atoms with Crippen molar-refractivity contribution < 1.29 is 0 Å². The summed E-state index contributed by atoms with van der Waals surface area (Å²) in [5, 5.41) is 15.1. The van der Waals surface area contributed by atoms with Gasteiger partial charge in [-0.25, -0.2) is 0 Å². The maximum absolute atomic E-state index is 4.20. The molecule has 102 valence electrons. The van der Waals surface area contributed by atoms with E-state index in [1.807, 2.05) is 12.3 Å². The maximum Gasteiger partial charge on any atom is 0.197 e. The van der Waals surface area contributed by atoms with E-state index in [1.54, 1.807) is 10.7 Å². The summed E-state index contributed by atoms with van der Waals surface area (Å²) in [7, 11) is 0. The minimum Gasteiger partial charge on any atom is -0.310 e. The molecule has 0 aliphatic carbocycles. The summed E-state index contributed by atoms with van der Waals surface area (Å²) < 4.78 is 1.74. The molecule has 0 saturated heterocycles. The van der Waals surface area contributed by atoms with Crippen molar-refractivity contribution in [3.8, 4) is 0 Å². The molecule has 1 aromatic carbocycles. The molecule has 0 aliphatic heterocycles. The van der Waals surface area contributed by atoms with E-state index < -0.39 is 0 Å². The van der Waals surface area contributed by atoms with Crippen molar-refractivity contribution in [2.45, 2.75) is 19.4 Å². The van der Waals surface area contributed by atoms with E-state index in [1.165, 1.54) is 5.56 Å². The Morgan fingerprint density at radius 2 is 2.05 bits per heavy atom. The van der Waals surface area contributed by atoms with Crippen LogP contribution < -0.4 is 5.32 Å². The molecular weight excluding hydrogens is 252 g/mol. The minimum absolute atomic E-state index is 0.220. The summed E-state index contributed by atoms with van der Waals surface area (Å²) >= 11 is 0. The monoisotopic (exact) mass is 268 g/mol. The lowest BCUT2D eigenvalue weighted by Gasteiger charge is -2.18. The molecule has 0 saturated carbocycles. The summed E-state index contributed by atoms with van der Waals surface area (Å²) in [6.45, 7) is 3.00. The zero-order valence-electron chi connectivity index (χ0n) is 11.3. The number of hydrogen-bond donors (Lipinski definition) is 1. The first-order valence-corrected chi connectivity index (χ1v) is 6.68. The van der Waals surface area contributed by atoms with Gasteiger partial charge in [0, 0.05) is 18.7 Å². The van der Waals surface area contributed by atoms with Gasteiger partial charge in [-0.1, -0.05) is 37.3 Å². The number of rotatable bonds is 5. The SMILES string of the molecule is CCNC(Cc1cncc2nnnn12)c1ccccc1. The summed E-state index contributed by atoms with van der Waals surface area (Å²) in [4.78, 5) is 4.20. The molecule has 6 heteroatoms. The van der Waals surface area contributed by atoms with Gasteiger partial charge in [0.25, 0.3) is 0 Å². The summed E-state index contributed by atoms with van der Waals surface area (Å²) in [5.74, 6) is 0. The van der Waals surface area contributed by atoms with Crippen molar-refractivity contribution in [2.75, 3.05) is 6.54 Å². The van der Waals surface area contributed by atoms with Crippen LogP contribution in [0.5, 0.6) is 0 Å². The van der Waals surface area contributed by atoms with Gasteiger partial charge in [-0.2, -0.15) is 4.52 Å². The Morgan fingerprint density at radius 1 is 1.20 bits per heavy atom. The Balaban J connectivity index is 1.92. The van der Waals surface area contributed by atoms with Crippen LogP contribution in [0.3, 0.4) is 0 Å². The van der Waals surface area contributed by atoms with Crippen LogP contribution in [0.1, 0.15) is 24.2 Å². The van der Waals surface area contributed by atoms with Crippen molar-refractivity contribution in [1.29, 1.82) is 0 Å². The number of nitrogens with one attached hydrogen (secondary N) is 1. The molecular formula is C14H16N6. The van der Waals surface area contributed by atoms with Crippen molar-refractivity contribution in [1.82, 2.24) is 30.3 Å². The fourth-order valence-corrected chi connectivity index (χ4v) is 2.31. The Kier molecular flexibility index (Phi) is 3.64. The predicted molar refractivity (Wildman–Crippen MR) is 75.1 cm³/mol. The zero-order chi connectivity index (χ0) is 13.8. The van der Waals surface area contributed by atoms with E-state index in [9.17, 15) is 0 Å². The number of aromatic nitrogens is 5. The van der Waals surface area contributed by atoms with Gasteiger partial charge in [0.2, 0.25) is 0 Å². The van der Waals surface area contributed by atoms with Gasteiger partial charge in [-0.15, -0.1) is 5.10 Å². The molecule has 2 heterocycles. The van der Waals surface area contributed by atoms with Crippen LogP contribution in [-0.2, 0) is 6.42 Å². The topological polar surface area (TPSA) is 68.0 Å². The van der Waals surface area contributed by atoms with Crippen LogP contribution in [0.2, 0.25) is 0 Å². The second-order valence-electron chi connectivity index (χ2n) is 4.57. The van der Waals surface area contributed by atoms with E-state index in [2.05, 4.69) is 57.0 Å². The Labute approximate surface area is 116 Å². The minimum atomic E-state index is 0.220. The van der Waals surface area contributed by atoms with Crippen molar-refractivity contribution in [3.05, 3.63) is 54.0 Å². The van der Waals surface area contributed by atoms with E-state index in [4.69, 9.17) is 0 Å². The Morgan fingerprint density at radius 3 is 2.85 bits per heavy atom. The molecule has 3 aromatic rings. The first kappa shape index (κ1) is 12.7. The van der Waals surface area contributed by atoms with Gasteiger partial charge >= 0.3 is 0 Å². The van der Waals surface area contributed by atoms with E-state index in [0.29, 0.717) is 5.65 Å². The highest BCUT2D eigenvalue weighted by atomic mass is 15.5. The highest BCUT2D eigenvalue weighted by Gasteiger charge is 2.14. The normalized spacial score (nSPS) is 12.7. The molecule has 1 unspecified atom stereocenters. The smallest absolute Gasteiger partial charge is 0.197 e. The molecule has 2 aromatic heterocycles. The molecule has 0 bridgehead atoms. The van der Waals surface area contributed by atoms with E-state index in [0.717, 1.165) is 18.7 Å². The van der Waals surface area contributed by atoms with Crippen LogP contribution in [0.25, 0.3) is 5.65 Å². The maximum atomic E-state index is 4.20. The largest absolute Gasteiger partial charge is 0.310 e. The highest BCUT2D eigenvalue weighted by molar-refractivity contribution is 5.33. The lowest BCUT2D eigenvalue weighted by Crippen LogP contribution is -2.24. The first-order valence-electron chi connectivity index (χ1n) is 6.68. The summed E-state index contributed by atoms with van der Waals surface area (Å²) in [5.41, 5.74) is 2.91. The average Bonchev–Trinajstić information content (AvgIpc) is 2.97. The second kappa shape index (κ2) is 5.75. The second-order valence-corrected chi connectivity index (χ2v) is 4.57. The van der Waals surface area contributed by atoms with Crippen molar-refractivity contribution >= 4 is 5.65 Å². The van der Waals surface area contributed by atoms with Gasteiger partial charge in [0.05, 0.1) is 11.9 Å². The third-order valence-corrected chi connectivity index (χ3v) is 3.24. The van der Waals surface area contributed by atoms with Crippen LogP contribution in [0, 0.1) is 0 Å². The van der Waals surface area contributed by atoms with Crippen LogP contribution >= 0.6 is 0 Å². The standard InChI is InChI=1S/C14H16N6/c1-2-16-13(11-6-4-3-5-7-11)8-12-9-15-10-14-17-18-19-20(12)14/h3-7,9-10,13,16H,2,8H2,1H3. The molecule has 0 aliphatic rings. The van der Waals surface area contributed by atoms with Crippen LogP contribution in [0.15, 0.2) is 42.7 Å². The van der Waals surface area contributed by atoms with Crippen LogP contribution in [0.4, 0.5) is 0 Å². The molecule has 1 atom stereocenters. The van der Waals surface area contributed by atoms with Crippen LogP contribution in [-0.4, -0.2) is 31.6 Å². The van der Waals surface area contributed by atoms with Gasteiger partial charge in [-0.3, -0.25) is 4.98 Å². The lowest BCUT2D eigenvalue weighted by atomic mass is 10.0.